The number of aryl methyl sites for hydroxylation is 1. The van der Waals surface area contributed by atoms with Crippen molar-refractivity contribution in [2.24, 2.45) is 5.92 Å². The predicted molar refractivity (Wildman–Crippen MR) is 74.2 cm³/mol. The van der Waals surface area contributed by atoms with E-state index < -0.39 is 0 Å². The number of hydrogen-bond donors (Lipinski definition) is 1. The van der Waals surface area contributed by atoms with Gasteiger partial charge >= 0.3 is 0 Å². The van der Waals surface area contributed by atoms with E-state index in [0.717, 1.165) is 12.0 Å². The van der Waals surface area contributed by atoms with E-state index in [4.69, 9.17) is 0 Å². The van der Waals surface area contributed by atoms with E-state index in [-0.39, 0.29) is 0 Å². The molecule has 2 atom stereocenters. The molecule has 0 amide bonds. The van der Waals surface area contributed by atoms with Gasteiger partial charge in [-0.3, -0.25) is 0 Å². The van der Waals surface area contributed by atoms with Gasteiger partial charge in [-0.2, -0.15) is 0 Å². The summed E-state index contributed by atoms with van der Waals surface area (Å²) in [5.74, 6) is 0.941. The molecule has 0 aromatic heterocycles. The second-order valence-corrected chi connectivity index (χ2v) is 5.51. The first-order valence-corrected chi connectivity index (χ1v) is 7.12. The maximum absolute atomic E-state index is 3.70. The molecule has 1 nitrogen and oxygen atoms in total. The molecule has 0 bridgehead atoms. The number of benzene rings is 1. The summed E-state index contributed by atoms with van der Waals surface area (Å²) in [5.41, 5.74) is 1.47. The fourth-order valence-electron chi connectivity index (χ4n) is 2.80. The van der Waals surface area contributed by atoms with Gasteiger partial charge in [0.25, 0.3) is 0 Å². The van der Waals surface area contributed by atoms with Crippen LogP contribution in [0, 0.1) is 5.92 Å². The molecule has 1 N–H and O–H groups in total. The van der Waals surface area contributed by atoms with Crippen molar-refractivity contribution in [3.05, 3.63) is 35.9 Å². The van der Waals surface area contributed by atoms with Gasteiger partial charge in [-0.05, 0) is 56.6 Å². The number of rotatable bonds is 6. The summed E-state index contributed by atoms with van der Waals surface area (Å²) in [6, 6.07) is 11.6. The van der Waals surface area contributed by atoms with E-state index in [1.54, 1.807) is 0 Å². The molecule has 1 saturated carbocycles. The molecule has 2 rings (SSSR count). The van der Waals surface area contributed by atoms with E-state index in [0.29, 0.717) is 0 Å². The van der Waals surface area contributed by atoms with Gasteiger partial charge < -0.3 is 5.32 Å². The van der Waals surface area contributed by atoms with Crippen LogP contribution in [0.15, 0.2) is 30.3 Å². The van der Waals surface area contributed by atoms with Crippen LogP contribution in [0.5, 0.6) is 0 Å². The highest BCUT2D eigenvalue weighted by Gasteiger charge is 2.19. The van der Waals surface area contributed by atoms with Gasteiger partial charge in [-0.15, -0.1) is 0 Å². The monoisotopic (exact) mass is 231 g/mol. The zero-order valence-electron chi connectivity index (χ0n) is 11.0. The van der Waals surface area contributed by atoms with Crippen LogP contribution in [-0.2, 0) is 6.42 Å². The molecule has 1 aliphatic rings. The molecule has 1 aromatic carbocycles. The Hall–Kier alpha value is -0.820. The van der Waals surface area contributed by atoms with Crippen LogP contribution < -0.4 is 5.32 Å². The molecule has 1 aliphatic carbocycles. The van der Waals surface area contributed by atoms with Crippen LogP contribution in [0.2, 0.25) is 0 Å². The van der Waals surface area contributed by atoms with E-state index in [2.05, 4.69) is 42.6 Å². The molecular weight excluding hydrogens is 206 g/mol. The van der Waals surface area contributed by atoms with E-state index in [9.17, 15) is 0 Å². The van der Waals surface area contributed by atoms with E-state index in [1.807, 2.05) is 0 Å². The Morgan fingerprint density at radius 3 is 2.65 bits per heavy atom. The van der Waals surface area contributed by atoms with Crippen LogP contribution in [0.3, 0.4) is 0 Å². The van der Waals surface area contributed by atoms with Gasteiger partial charge in [-0.25, -0.2) is 0 Å². The van der Waals surface area contributed by atoms with Crippen molar-refractivity contribution < 1.29 is 0 Å². The Bertz CT molecular complexity index is 307. The highest BCUT2D eigenvalue weighted by Crippen LogP contribution is 2.24. The van der Waals surface area contributed by atoms with Crippen molar-refractivity contribution in [2.45, 2.75) is 51.5 Å². The minimum Gasteiger partial charge on any atom is -0.314 e. The summed E-state index contributed by atoms with van der Waals surface area (Å²) in [6.45, 7) is 3.57. The van der Waals surface area contributed by atoms with Crippen LogP contribution in [0.1, 0.15) is 44.6 Å². The summed E-state index contributed by atoms with van der Waals surface area (Å²) in [6.07, 6.45) is 8.03. The van der Waals surface area contributed by atoms with Gasteiger partial charge in [0, 0.05) is 6.04 Å². The quantitative estimate of drug-likeness (QED) is 0.735. The van der Waals surface area contributed by atoms with Crippen molar-refractivity contribution in [1.29, 1.82) is 0 Å². The van der Waals surface area contributed by atoms with Crippen molar-refractivity contribution in [2.75, 3.05) is 6.54 Å². The van der Waals surface area contributed by atoms with Gasteiger partial charge in [-0.1, -0.05) is 37.3 Å². The Kier molecular flexibility index (Phi) is 5.06. The van der Waals surface area contributed by atoms with E-state index >= 15 is 0 Å². The molecule has 2 unspecified atom stereocenters. The Balaban J connectivity index is 1.52. The van der Waals surface area contributed by atoms with Crippen molar-refractivity contribution in [1.82, 2.24) is 5.32 Å². The topological polar surface area (TPSA) is 12.0 Å². The van der Waals surface area contributed by atoms with Gasteiger partial charge in [0.15, 0.2) is 0 Å². The maximum atomic E-state index is 3.70. The molecule has 0 aliphatic heterocycles. The van der Waals surface area contributed by atoms with Crippen molar-refractivity contribution in [3.8, 4) is 0 Å². The van der Waals surface area contributed by atoms with Gasteiger partial charge in [0.2, 0.25) is 0 Å². The third-order valence-electron chi connectivity index (χ3n) is 3.86. The SMILES string of the molecule is CC1CCC(NCCCCc2ccccc2)C1. The Labute approximate surface area is 106 Å². The second kappa shape index (κ2) is 6.80. The minimum absolute atomic E-state index is 0.807. The fourth-order valence-corrected chi connectivity index (χ4v) is 2.80. The lowest BCUT2D eigenvalue weighted by atomic mass is 10.1. The highest BCUT2D eigenvalue weighted by molar-refractivity contribution is 5.14. The number of unbranched alkanes of at least 4 members (excludes halogenated alkanes) is 1. The molecule has 0 saturated heterocycles. The normalized spacial score (nSPS) is 24.1. The molecule has 1 heteroatoms. The van der Waals surface area contributed by atoms with E-state index in [1.165, 1.54) is 50.6 Å². The first kappa shape index (κ1) is 12.6. The molecule has 17 heavy (non-hydrogen) atoms. The second-order valence-electron chi connectivity index (χ2n) is 5.51. The van der Waals surface area contributed by atoms with Crippen LogP contribution in [0.25, 0.3) is 0 Å². The predicted octanol–water partition coefficient (Wildman–Crippen LogP) is 3.79. The van der Waals surface area contributed by atoms with Crippen LogP contribution in [0.4, 0.5) is 0 Å². The standard InChI is InChI=1S/C16H25N/c1-14-10-11-16(13-14)17-12-6-5-9-15-7-3-2-4-8-15/h2-4,7-8,14,16-17H,5-6,9-13H2,1H3. The third kappa shape index (κ3) is 4.51. The summed E-state index contributed by atoms with van der Waals surface area (Å²) < 4.78 is 0. The lowest BCUT2D eigenvalue weighted by Gasteiger charge is -2.11. The average Bonchev–Trinajstić information content (AvgIpc) is 2.76. The largest absolute Gasteiger partial charge is 0.314 e. The number of hydrogen-bond acceptors (Lipinski definition) is 1. The number of nitrogens with one attached hydrogen (secondary N) is 1. The molecule has 0 radical (unpaired) electrons. The molecular formula is C16H25N. The van der Waals surface area contributed by atoms with Gasteiger partial charge in [0.05, 0.1) is 0 Å². The summed E-state index contributed by atoms with van der Waals surface area (Å²) >= 11 is 0. The lowest BCUT2D eigenvalue weighted by Crippen LogP contribution is -2.27. The smallest absolute Gasteiger partial charge is 0.00696 e. The van der Waals surface area contributed by atoms with Gasteiger partial charge in [0.1, 0.15) is 0 Å². The first-order chi connectivity index (χ1) is 8.34. The summed E-state index contributed by atoms with van der Waals surface area (Å²) in [7, 11) is 0. The summed E-state index contributed by atoms with van der Waals surface area (Å²) in [4.78, 5) is 0. The van der Waals surface area contributed by atoms with Crippen LogP contribution >= 0.6 is 0 Å². The fraction of sp³-hybridized carbons (Fsp3) is 0.625. The first-order valence-electron chi connectivity index (χ1n) is 7.12. The third-order valence-corrected chi connectivity index (χ3v) is 3.86. The minimum atomic E-state index is 0.807. The summed E-state index contributed by atoms with van der Waals surface area (Å²) in [5, 5.41) is 3.70. The average molecular weight is 231 g/mol. The molecule has 1 fully saturated rings. The molecule has 1 aromatic rings. The zero-order chi connectivity index (χ0) is 11.9. The zero-order valence-corrected chi connectivity index (χ0v) is 11.0. The Morgan fingerprint density at radius 2 is 1.94 bits per heavy atom. The lowest BCUT2D eigenvalue weighted by molar-refractivity contribution is 0.490. The van der Waals surface area contributed by atoms with Crippen molar-refractivity contribution in [3.63, 3.8) is 0 Å². The Morgan fingerprint density at radius 1 is 1.12 bits per heavy atom. The molecule has 0 heterocycles. The molecule has 94 valence electrons. The van der Waals surface area contributed by atoms with Crippen LogP contribution in [-0.4, -0.2) is 12.6 Å². The highest BCUT2D eigenvalue weighted by atomic mass is 14.9. The maximum Gasteiger partial charge on any atom is 0.00696 e. The van der Waals surface area contributed by atoms with Crippen molar-refractivity contribution >= 4 is 0 Å². The molecule has 0 spiro atoms.